The Labute approximate surface area is 103 Å². The normalized spacial score (nSPS) is 19.0. The van der Waals surface area contributed by atoms with Crippen LogP contribution in [0.5, 0.6) is 0 Å². The number of likely N-dealkylation sites (tertiary alicyclic amines) is 1. The molecule has 0 radical (unpaired) electrons. The third-order valence-electron chi connectivity index (χ3n) is 3.10. The first kappa shape index (κ1) is 12.5. The molecule has 2 rings (SSSR count). The van der Waals surface area contributed by atoms with Crippen molar-refractivity contribution >= 4 is 11.6 Å². The lowest BCUT2D eigenvalue weighted by atomic mass is 10.1. The van der Waals surface area contributed by atoms with Gasteiger partial charge in [0.1, 0.15) is 11.4 Å². The zero-order valence-corrected chi connectivity index (χ0v) is 9.93. The summed E-state index contributed by atoms with van der Waals surface area (Å²) in [5.41, 5.74) is -0.518. The number of hydrogen-bond acceptors (Lipinski definition) is 3. The summed E-state index contributed by atoms with van der Waals surface area (Å²) in [5.74, 6) is -0.733. The van der Waals surface area contributed by atoms with Crippen LogP contribution in [0.25, 0.3) is 0 Å². The van der Waals surface area contributed by atoms with Crippen molar-refractivity contribution in [2.24, 2.45) is 5.92 Å². The Kier molecular flexibility index (Phi) is 3.27. The monoisotopic (exact) mass is 252 g/mol. The number of carbonyl (C=O) groups excluding carboxylic acids is 1. The van der Waals surface area contributed by atoms with Crippen LogP contribution < -0.4 is 0 Å². The van der Waals surface area contributed by atoms with Gasteiger partial charge in [-0.3, -0.25) is 14.9 Å². The van der Waals surface area contributed by atoms with E-state index in [9.17, 15) is 19.3 Å². The first-order valence-corrected chi connectivity index (χ1v) is 5.72. The fraction of sp³-hybridized carbons (Fsp3) is 0.417. The van der Waals surface area contributed by atoms with Gasteiger partial charge in [-0.05, 0) is 24.5 Å². The van der Waals surface area contributed by atoms with E-state index in [1.165, 1.54) is 4.90 Å². The molecule has 5 nitrogen and oxygen atoms in total. The first-order chi connectivity index (χ1) is 8.49. The summed E-state index contributed by atoms with van der Waals surface area (Å²) in [6, 6.07) is 2.95. The van der Waals surface area contributed by atoms with Gasteiger partial charge in [-0.25, -0.2) is 4.39 Å². The predicted octanol–water partition coefficient (Wildman–Crippen LogP) is 2.22. The molecular weight excluding hydrogens is 239 g/mol. The van der Waals surface area contributed by atoms with Crippen LogP contribution in [0.3, 0.4) is 0 Å². The second-order valence-electron chi connectivity index (χ2n) is 4.56. The van der Waals surface area contributed by atoms with Gasteiger partial charge < -0.3 is 4.90 Å². The maximum Gasteiger partial charge on any atom is 0.282 e. The minimum atomic E-state index is -0.661. The highest BCUT2D eigenvalue weighted by atomic mass is 19.1. The van der Waals surface area contributed by atoms with E-state index >= 15 is 0 Å². The number of benzene rings is 1. The van der Waals surface area contributed by atoms with Crippen LogP contribution in [0, 0.1) is 21.8 Å². The molecule has 0 N–H and O–H groups in total. The molecular formula is C12H13FN2O3. The smallest absolute Gasteiger partial charge is 0.282 e. The van der Waals surface area contributed by atoms with Gasteiger partial charge in [-0.2, -0.15) is 0 Å². The Hall–Kier alpha value is -1.98. The van der Waals surface area contributed by atoms with E-state index in [1.807, 2.05) is 6.92 Å². The molecule has 0 spiro atoms. The zero-order valence-electron chi connectivity index (χ0n) is 9.93. The van der Waals surface area contributed by atoms with Crippen LogP contribution in [0.4, 0.5) is 10.1 Å². The molecule has 1 aromatic rings. The standard InChI is InChI=1S/C12H13FN2O3/c1-8-4-5-14(7-8)12(16)10-6-9(13)2-3-11(10)15(17)18/h2-3,6,8H,4-5,7H2,1H3. The van der Waals surface area contributed by atoms with Gasteiger partial charge in [-0.1, -0.05) is 6.92 Å². The third-order valence-corrected chi connectivity index (χ3v) is 3.10. The molecule has 1 fully saturated rings. The molecule has 1 unspecified atom stereocenters. The summed E-state index contributed by atoms with van der Waals surface area (Å²) in [6.45, 7) is 3.13. The highest BCUT2D eigenvalue weighted by Gasteiger charge is 2.29. The number of nitro groups is 1. The number of carbonyl (C=O) groups is 1. The number of hydrogen-bond donors (Lipinski definition) is 0. The van der Waals surface area contributed by atoms with E-state index in [2.05, 4.69) is 0 Å². The maximum absolute atomic E-state index is 13.1. The minimum absolute atomic E-state index is 0.172. The van der Waals surface area contributed by atoms with Gasteiger partial charge in [-0.15, -0.1) is 0 Å². The number of amides is 1. The first-order valence-electron chi connectivity index (χ1n) is 5.72. The molecule has 1 atom stereocenters. The largest absolute Gasteiger partial charge is 0.338 e. The lowest BCUT2D eigenvalue weighted by molar-refractivity contribution is -0.385. The summed E-state index contributed by atoms with van der Waals surface area (Å²) in [7, 11) is 0. The zero-order chi connectivity index (χ0) is 13.3. The van der Waals surface area contributed by atoms with Crippen molar-refractivity contribution in [2.45, 2.75) is 13.3 Å². The highest BCUT2D eigenvalue weighted by Crippen LogP contribution is 2.24. The summed E-state index contributed by atoms with van der Waals surface area (Å²) in [4.78, 5) is 23.8. The van der Waals surface area contributed by atoms with Crippen LogP contribution in [-0.4, -0.2) is 28.8 Å². The Morgan fingerprint density at radius 1 is 1.56 bits per heavy atom. The van der Waals surface area contributed by atoms with Gasteiger partial charge in [0.2, 0.25) is 0 Å². The summed E-state index contributed by atoms with van der Waals surface area (Å²) in [6.07, 6.45) is 0.870. The molecule has 1 aliphatic rings. The van der Waals surface area contributed by atoms with Gasteiger partial charge >= 0.3 is 0 Å². The molecule has 18 heavy (non-hydrogen) atoms. The second kappa shape index (κ2) is 4.72. The van der Waals surface area contributed by atoms with Crippen molar-refractivity contribution in [3.05, 3.63) is 39.7 Å². The fourth-order valence-electron chi connectivity index (χ4n) is 2.13. The molecule has 0 aromatic heterocycles. The van der Waals surface area contributed by atoms with Gasteiger partial charge in [0.15, 0.2) is 0 Å². The molecule has 1 aromatic carbocycles. The van der Waals surface area contributed by atoms with Crippen molar-refractivity contribution in [3.63, 3.8) is 0 Å². The quantitative estimate of drug-likeness (QED) is 0.598. The summed E-state index contributed by atoms with van der Waals surface area (Å²) < 4.78 is 13.1. The van der Waals surface area contributed by atoms with E-state index < -0.39 is 16.6 Å². The van der Waals surface area contributed by atoms with Crippen LogP contribution in [0.1, 0.15) is 23.7 Å². The lowest BCUT2D eigenvalue weighted by Crippen LogP contribution is -2.29. The molecule has 6 heteroatoms. The van der Waals surface area contributed by atoms with E-state index in [-0.39, 0.29) is 11.3 Å². The van der Waals surface area contributed by atoms with Crippen molar-refractivity contribution in [1.82, 2.24) is 4.90 Å². The van der Waals surface area contributed by atoms with Crippen LogP contribution in [-0.2, 0) is 0 Å². The van der Waals surface area contributed by atoms with Gasteiger partial charge in [0, 0.05) is 19.2 Å². The van der Waals surface area contributed by atoms with Crippen LogP contribution >= 0.6 is 0 Å². The Bertz CT molecular complexity index is 504. The molecule has 1 heterocycles. The predicted molar refractivity (Wildman–Crippen MR) is 62.7 cm³/mol. The fourth-order valence-corrected chi connectivity index (χ4v) is 2.13. The molecule has 96 valence electrons. The number of rotatable bonds is 2. The van der Waals surface area contributed by atoms with Crippen molar-refractivity contribution in [3.8, 4) is 0 Å². The summed E-state index contributed by atoms with van der Waals surface area (Å²) >= 11 is 0. The molecule has 0 bridgehead atoms. The summed E-state index contributed by atoms with van der Waals surface area (Å²) in [5, 5.41) is 10.8. The number of halogens is 1. The number of nitrogens with zero attached hydrogens (tertiary/aromatic N) is 2. The second-order valence-corrected chi connectivity index (χ2v) is 4.56. The van der Waals surface area contributed by atoms with E-state index in [0.717, 1.165) is 24.6 Å². The SMILES string of the molecule is CC1CCN(C(=O)c2cc(F)ccc2[N+](=O)[O-])C1. The average Bonchev–Trinajstić information content (AvgIpc) is 2.74. The Morgan fingerprint density at radius 3 is 2.83 bits per heavy atom. The number of nitro benzene ring substituents is 1. The van der Waals surface area contributed by atoms with Crippen LogP contribution in [0.15, 0.2) is 18.2 Å². The Balaban J connectivity index is 2.34. The maximum atomic E-state index is 13.1. The van der Waals surface area contributed by atoms with E-state index in [1.54, 1.807) is 0 Å². The van der Waals surface area contributed by atoms with E-state index in [4.69, 9.17) is 0 Å². The van der Waals surface area contributed by atoms with Crippen LogP contribution in [0.2, 0.25) is 0 Å². The topological polar surface area (TPSA) is 63.5 Å². The Morgan fingerprint density at radius 2 is 2.28 bits per heavy atom. The molecule has 1 saturated heterocycles. The van der Waals surface area contributed by atoms with Crippen molar-refractivity contribution in [2.75, 3.05) is 13.1 Å². The molecule has 0 saturated carbocycles. The molecule has 0 aliphatic carbocycles. The lowest BCUT2D eigenvalue weighted by Gasteiger charge is -2.15. The van der Waals surface area contributed by atoms with Gasteiger partial charge in [0.05, 0.1) is 4.92 Å². The molecule has 1 aliphatic heterocycles. The highest BCUT2D eigenvalue weighted by molar-refractivity contribution is 5.98. The average molecular weight is 252 g/mol. The van der Waals surface area contributed by atoms with Crippen molar-refractivity contribution in [1.29, 1.82) is 0 Å². The minimum Gasteiger partial charge on any atom is -0.338 e. The van der Waals surface area contributed by atoms with E-state index in [0.29, 0.717) is 19.0 Å². The van der Waals surface area contributed by atoms with Crippen molar-refractivity contribution < 1.29 is 14.1 Å². The third kappa shape index (κ3) is 2.32. The molecule has 1 amide bonds. The van der Waals surface area contributed by atoms with Gasteiger partial charge in [0.25, 0.3) is 11.6 Å².